The summed E-state index contributed by atoms with van der Waals surface area (Å²) in [6.45, 7) is 0. The monoisotopic (exact) mass is 279 g/mol. The standard InChI is InChI=1S/C13H10ClNO2S/c14-10-3-1-2-9(6-10)8-18-11-4-5-12(13(16)17)15-7-11/h1-7H,8H2,(H,16,17). The lowest BCUT2D eigenvalue weighted by atomic mass is 10.2. The van der Waals surface area contributed by atoms with E-state index in [0.29, 0.717) is 5.02 Å². The fourth-order valence-electron chi connectivity index (χ4n) is 1.39. The molecule has 0 bridgehead atoms. The van der Waals surface area contributed by atoms with Gasteiger partial charge in [-0.25, -0.2) is 9.78 Å². The molecule has 18 heavy (non-hydrogen) atoms. The van der Waals surface area contributed by atoms with Crippen LogP contribution in [0.1, 0.15) is 16.1 Å². The minimum atomic E-state index is -1.01. The fourth-order valence-corrected chi connectivity index (χ4v) is 2.40. The van der Waals surface area contributed by atoms with Crippen LogP contribution in [0.25, 0.3) is 0 Å². The first kappa shape index (κ1) is 12.9. The molecule has 0 amide bonds. The Bertz CT molecular complexity index is 557. The first-order chi connectivity index (χ1) is 8.65. The number of pyridine rings is 1. The van der Waals surface area contributed by atoms with E-state index in [2.05, 4.69) is 4.98 Å². The van der Waals surface area contributed by atoms with Crippen molar-refractivity contribution >= 4 is 29.3 Å². The molecular weight excluding hydrogens is 270 g/mol. The minimum Gasteiger partial charge on any atom is -0.477 e. The Balaban J connectivity index is 2.00. The second-order valence-corrected chi connectivity index (χ2v) is 5.09. The highest BCUT2D eigenvalue weighted by Gasteiger charge is 2.04. The average molecular weight is 280 g/mol. The maximum absolute atomic E-state index is 10.6. The highest BCUT2D eigenvalue weighted by molar-refractivity contribution is 7.98. The first-order valence-electron chi connectivity index (χ1n) is 5.22. The van der Waals surface area contributed by atoms with E-state index >= 15 is 0 Å². The molecule has 0 unspecified atom stereocenters. The number of carbonyl (C=O) groups is 1. The normalized spacial score (nSPS) is 10.3. The number of carboxylic acids is 1. The number of thioether (sulfide) groups is 1. The van der Waals surface area contributed by atoms with E-state index in [4.69, 9.17) is 16.7 Å². The number of halogens is 1. The third-order valence-electron chi connectivity index (χ3n) is 2.25. The van der Waals surface area contributed by atoms with E-state index in [0.717, 1.165) is 16.2 Å². The molecule has 92 valence electrons. The summed E-state index contributed by atoms with van der Waals surface area (Å²) in [5.74, 6) is -0.240. The zero-order valence-corrected chi connectivity index (χ0v) is 10.9. The van der Waals surface area contributed by atoms with Crippen molar-refractivity contribution in [1.82, 2.24) is 4.98 Å². The molecule has 1 heterocycles. The number of hydrogen-bond acceptors (Lipinski definition) is 3. The van der Waals surface area contributed by atoms with E-state index in [9.17, 15) is 4.79 Å². The van der Waals surface area contributed by atoms with Gasteiger partial charge in [-0.2, -0.15) is 0 Å². The number of aromatic nitrogens is 1. The molecule has 2 rings (SSSR count). The van der Waals surface area contributed by atoms with Crippen LogP contribution in [0.5, 0.6) is 0 Å². The lowest BCUT2D eigenvalue weighted by Crippen LogP contribution is -1.98. The number of carboxylic acid groups (broad SMARTS) is 1. The molecule has 0 aliphatic carbocycles. The fraction of sp³-hybridized carbons (Fsp3) is 0.0769. The van der Waals surface area contributed by atoms with Crippen LogP contribution in [0.2, 0.25) is 5.02 Å². The molecule has 0 radical (unpaired) electrons. The zero-order valence-electron chi connectivity index (χ0n) is 9.34. The number of rotatable bonds is 4. The summed E-state index contributed by atoms with van der Waals surface area (Å²) in [4.78, 5) is 15.4. The van der Waals surface area contributed by atoms with E-state index in [1.807, 2.05) is 24.3 Å². The van der Waals surface area contributed by atoms with Crippen LogP contribution >= 0.6 is 23.4 Å². The van der Waals surface area contributed by atoms with Gasteiger partial charge < -0.3 is 5.11 Å². The maximum Gasteiger partial charge on any atom is 0.354 e. The van der Waals surface area contributed by atoms with Gasteiger partial charge in [0.2, 0.25) is 0 Å². The Labute approximate surface area is 114 Å². The van der Waals surface area contributed by atoms with Gasteiger partial charge in [-0.15, -0.1) is 11.8 Å². The van der Waals surface area contributed by atoms with Crippen molar-refractivity contribution in [3.8, 4) is 0 Å². The minimum absolute atomic E-state index is 0.0575. The first-order valence-corrected chi connectivity index (χ1v) is 6.58. The van der Waals surface area contributed by atoms with Crippen LogP contribution in [0.4, 0.5) is 0 Å². The van der Waals surface area contributed by atoms with E-state index < -0.39 is 5.97 Å². The highest BCUT2D eigenvalue weighted by Crippen LogP contribution is 2.23. The van der Waals surface area contributed by atoms with Crippen molar-refractivity contribution < 1.29 is 9.90 Å². The molecule has 0 aliphatic rings. The Morgan fingerprint density at radius 1 is 1.33 bits per heavy atom. The van der Waals surface area contributed by atoms with Crippen LogP contribution in [0.3, 0.4) is 0 Å². The predicted molar refractivity (Wildman–Crippen MR) is 72.2 cm³/mol. The van der Waals surface area contributed by atoms with Crippen molar-refractivity contribution in [2.45, 2.75) is 10.6 Å². The molecular formula is C13H10ClNO2S. The molecule has 1 aromatic heterocycles. The molecule has 5 heteroatoms. The molecule has 0 spiro atoms. The van der Waals surface area contributed by atoms with Gasteiger partial charge in [0.05, 0.1) is 0 Å². The molecule has 0 atom stereocenters. The number of hydrogen-bond donors (Lipinski definition) is 1. The van der Waals surface area contributed by atoms with Gasteiger partial charge in [0.25, 0.3) is 0 Å². The zero-order chi connectivity index (χ0) is 13.0. The predicted octanol–water partition coefficient (Wildman–Crippen LogP) is 3.73. The van der Waals surface area contributed by atoms with Crippen molar-refractivity contribution in [3.63, 3.8) is 0 Å². The van der Waals surface area contributed by atoms with Crippen molar-refractivity contribution in [1.29, 1.82) is 0 Å². The van der Waals surface area contributed by atoms with Gasteiger partial charge in [-0.1, -0.05) is 23.7 Å². The molecule has 0 fully saturated rings. The van der Waals surface area contributed by atoms with Crippen LogP contribution in [0.15, 0.2) is 47.5 Å². The Morgan fingerprint density at radius 2 is 2.17 bits per heavy atom. The summed E-state index contributed by atoms with van der Waals surface area (Å²) in [7, 11) is 0. The second kappa shape index (κ2) is 5.89. The summed E-state index contributed by atoms with van der Waals surface area (Å²) in [6, 6.07) is 10.9. The third kappa shape index (κ3) is 3.48. The molecule has 0 saturated carbocycles. The van der Waals surface area contributed by atoms with Crippen LogP contribution in [-0.4, -0.2) is 16.1 Å². The molecule has 0 aliphatic heterocycles. The van der Waals surface area contributed by atoms with Gasteiger partial charge >= 0.3 is 5.97 Å². The van der Waals surface area contributed by atoms with Crippen molar-refractivity contribution in [2.24, 2.45) is 0 Å². The quantitative estimate of drug-likeness (QED) is 0.867. The van der Waals surface area contributed by atoms with Gasteiger partial charge in [0.1, 0.15) is 5.69 Å². The molecule has 1 N–H and O–H groups in total. The number of aromatic carboxylic acids is 1. The smallest absolute Gasteiger partial charge is 0.354 e. The average Bonchev–Trinajstić information content (AvgIpc) is 2.37. The Hall–Kier alpha value is -1.52. The molecule has 0 saturated heterocycles. The molecule has 3 nitrogen and oxygen atoms in total. The molecule has 1 aromatic carbocycles. The topological polar surface area (TPSA) is 50.2 Å². The molecule has 2 aromatic rings. The summed E-state index contributed by atoms with van der Waals surface area (Å²) in [5.41, 5.74) is 1.18. The van der Waals surface area contributed by atoms with Gasteiger partial charge in [0.15, 0.2) is 0 Å². The maximum atomic E-state index is 10.6. The van der Waals surface area contributed by atoms with Gasteiger partial charge in [-0.05, 0) is 29.8 Å². The van der Waals surface area contributed by atoms with E-state index in [1.54, 1.807) is 24.0 Å². The van der Waals surface area contributed by atoms with Gasteiger partial charge in [-0.3, -0.25) is 0 Å². The van der Waals surface area contributed by atoms with Crippen molar-refractivity contribution in [3.05, 3.63) is 58.9 Å². The summed E-state index contributed by atoms with van der Waals surface area (Å²) < 4.78 is 0. The number of benzene rings is 1. The van der Waals surface area contributed by atoms with Gasteiger partial charge in [0, 0.05) is 21.9 Å². The SMILES string of the molecule is O=C(O)c1ccc(SCc2cccc(Cl)c2)cn1. The highest BCUT2D eigenvalue weighted by atomic mass is 35.5. The summed E-state index contributed by atoms with van der Waals surface area (Å²) in [6.07, 6.45) is 1.57. The van der Waals surface area contributed by atoms with Crippen LogP contribution in [0, 0.1) is 0 Å². The lowest BCUT2D eigenvalue weighted by Gasteiger charge is -2.02. The second-order valence-electron chi connectivity index (χ2n) is 3.60. The Morgan fingerprint density at radius 3 is 2.78 bits per heavy atom. The third-order valence-corrected chi connectivity index (χ3v) is 3.54. The van der Waals surface area contributed by atoms with Crippen LogP contribution in [-0.2, 0) is 5.75 Å². The summed E-state index contributed by atoms with van der Waals surface area (Å²) in [5, 5.41) is 9.45. The Kier molecular flexibility index (Phi) is 4.23. The van der Waals surface area contributed by atoms with Crippen molar-refractivity contribution in [2.75, 3.05) is 0 Å². The summed E-state index contributed by atoms with van der Waals surface area (Å²) >= 11 is 7.48. The lowest BCUT2D eigenvalue weighted by molar-refractivity contribution is 0.0690. The number of nitrogens with zero attached hydrogens (tertiary/aromatic N) is 1. The van der Waals surface area contributed by atoms with Crippen LogP contribution < -0.4 is 0 Å². The van der Waals surface area contributed by atoms with E-state index in [1.165, 1.54) is 6.07 Å². The largest absolute Gasteiger partial charge is 0.477 e. The van der Waals surface area contributed by atoms with E-state index in [-0.39, 0.29) is 5.69 Å².